The van der Waals surface area contributed by atoms with Gasteiger partial charge in [-0.3, -0.25) is 14.7 Å². The van der Waals surface area contributed by atoms with E-state index in [0.717, 1.165) is 10.9 Å². The van der Waals surface area contributed by atoms with Crippen molar-refractivity contribution in [3.8, 4) is 0 Å². The average molecular weight is 311 g/mol. The predicted molar refractivity (Wildman–Crippen MR) is 88.6 cm³/mol. The normalized spacial score (nSPS) is 12.7. The summed E-state index contributed by atoms with van der Waals surface area (Å²) in [6, 6.07) is 10.3. The highest BCUT2D eigenvalue weighted by Crippen LogP contribution is 2.20. The van der Waals surface area contributed by atoms with E-state index in [-0.39, 0.29) is 17.4 Å². The predicted octanol–water partition coefficient (Wildman–Crippen LogP) is 3.26. The number of hydrogen-bond acceptors (Lipinski definition) is 3. The van der Waals surface area contributed by atoms with Crippen LogP contribution in [0.15, 0.2) is 53.6 Å². The van der Waals surface area contributed by atoms with Crippen LogP contribution in [0, 0.1) is 5.82 Å². The molecular weight excluding hydrogens is 293 g/mol. The van der Waals surface area contributed by atoms with Crippen LogP contribution in [0.4, 0.5) is 4.39 Å². The van der Waals surface area contributed by atoms with Crippen LogP contribution in [-0.4, -0.2) is 21.9 Å². The summed E-state index contributed by atoms with van der Waals surface area (Å²) in [6.07, 6.45) is 3.52. The molecular formula is C18H18FN3O. The summed E-state index contributed by atoms with van der Waals surface area (Å²) >= 11 is 0. The quantitative estimate of drug-likeness (QED) is 0.804. The van der Waals surface area contributed by atoms with Gasteiger partial charge in [0.05, 0.1) is 5.52 Å². The Morgan fingerprint density at radius 1 is 1.22 bits per heavy atom. The highest BCUT2D eigenvalue weighted by Gasteiger charge is 2.14. The van der Waals surface area contributed by atoms with Crippen LogP contribution in [0.2, 0.25) is 0 Å². The molecule has 5 heteroatoms. The van der Waals surface area contributed by atoms with Gasteiger partial charge in [-0.2, -0.15) is 0 Å². The Bertz CT molecular complexity index is 876. The van der Waals surface area contributed by atoms with Gasteiger partial charge < -0.3 is 4.98 Å². The SMILES string of the molecule is C[C@@H](c1ccncc1)N(C)Cc1cc2ccc(F)cc2[nH]c1=O. The van der Waals surface area contributed by atoms with E-state index in [4.69, 9.17) is 0 Å². The van der Waals surface area contributed by atoms with Crippen molar-refractivity contribution in [3.05, 3.63) is 76.1 Å². The summed E-state index contributed by atoms with van der Waals surface area (Å²) in [5.41, 5.74) is 2.13. The van der Waals surface area contributed by atoms with Crippen LogP contribution in [-0.2, 0) is 6.54 Å². The molecule has 0 aliphatic rings. The average Bonchev–Trinajstić information content (AvgIpc) is 2.55. The number of nitrogens with zero attached hydrogens (tertiary/aromatic N) is 2. The molecule has 2 heterocycles. The van der Waals surface area contributed by atoms with Gasteiger partial charge >= 0.3 is 0 Å². The van der Waals surface area contributed by atoms with Gasteiger partial charge in [0.15, 0.2) is 0 Å². The second kappa shape index (κ2) is 6.30. The van der Waals surface area contributed by atoms with Gasteiger partial charge in [0, 0.05) is 30.5 Å². The zero-order valence-electron chi connectivity index (χ0n) is 13.1. The largest absolute Gasteiger partial charge is 0.322 e. The molecule has 0 fully saturated rings. The molecule has 0 bridgehead atoms. The minimum Gasteiger partial charge on any atom is -0.322 e. The van der Waals surface area contributed by atoms with Gasteiger partial charge in [0.1, 0.15) is 5.82 Å². The number of aromatic amines is 1. The maximum absolute atomic E-state index is 13.2. The molecule has 1 atom stereocenters. The molecule has 4 nitrogen and oxygen atoms in total. The standard InChI is InChI=1S/C18H18FN3O/c1-12(13-5-7-20-8-6-13)22(2)11-15-9-14-3-4-16(19)10-17(14)21-18(15)23/h3-10,12H,11H2,1-2H3,(H,21,23)/t12-/m0/s1. The first kappa shape index (κ1) is 15.4. The number of nitrogens with one attached hydrogen (secondary N) is 1. The molecule has 118 valence electrons. The number of pyridine rings is 2. The first-order chi connectivity index (χ1) is 11.0. The third-order valence-corrected chi connectivity index (χ3v) is 4.15. The molecule has 0 saturated heterocycles. The topological polar surface area (TPSA) is 49.0 Å². The van der Waals surface area contributed by atoms with E-state index in [1.165, 1.54) is 12.1 Å². The maximum atomic E-state index is 13.2. The van der Waals surface area contributed by atoms with Gasteiger partial charge in [-0.25, -0.2) is 4.39 Å². The van der Waals surface area contributed by atoms with E-state index in [1.54, 1.807) is 18.5 Å². The number of H-pyrrole nitrogens is 1. The van der Waals surface area contributed by atoms with E-state index in [2.05, 4.69) is 21.8 Å². The molecule has 0 radical (unpaired) electrons. The van der Waals surface area contributed by atoms with Crippen molar-refractivity contribution in [1.82, 2.24) is 14.9 Å². The van der Waals surface area contributed by atoms with Crippen molar-refractivity contribution in [2.45, 2.75) is 19.5 Å². The summed E-state index contributed by atoms with van der Waals surface area (Å²) in [5.74, 6) is -0.357. The van der Waals surface area contributed by atoms with Crippen LogP contribution in [0.5, 0.6) is 0 Å². The maximum Gasteiger partial charge on any atom is 0.252 e. The smallest absolute Gasteiger partial charge is 0.252 e. The van der Waals surface area contributed by atoms with Crippen molar-refractivity contribution < 1.29 is 4.39 Å². The Morgan fingerprint density at radius 3 is 2.70 bits per heavy atom. The molecule has 0 saturated carbocycles. The number of rotatable bonds is 4. The first-order valence-corrected chi connectivity index (χ1v) is 7.46. The summed E-state index contributed by atoms with van der Waals surface area (Å²) in [5, 5.41) is 0.825. The van der Waals surface area contributed by atoms with Gasteiger partial charge in [-0.1, -0.05) is 0 Å². The molecule has 0 amide bonds. The highest BCUT2D eigenvalue weighted by atomic mass is 19.1. The molecule has 23 heavy (non-hydrogen) atoms. The fourth-order valence-corrected chi connectivity index (χ4v) is 2.64. The molecule has 0 aliphatic carbocycles. The van der Waals surface area contributed by atoms with Crippen LogP contribution in [0.25, 0.3) is 10.9 Å². The zero-order chi connectivity index (χ0) is 16.4. The fraction of sp³-hybridized carbons (Fsp3) is 0.222. The molecule has 0 spiro atoms. The minimum atomic E-state index is -0.357. The Kier molecular flexibility index (Phi) is 4.21. The van der Waals surface area contributed by atoms with Crippen molar-refractivity contribution in [2.24, 2.45) is 0 Å². The lowest BCUT2D eigenvalue weighted by atomic mass is 10.1. The van der Waals surface area contributed by atoms with Crippen LogP contribution in [0.1, 0.15) is 24.1 Å². The van der Waals surface area contributed by atoms with Gasteiger partial charge in [-0.05, 0) is 61.3 Å². The Labute approximate surface area is 133 Å². The highest BCUT2D eigenvalue weighted by molar-refractivity contribution is 5.78. The first-order valence-electron chi connectivity index (χ1n) is 7.46. The second-order valence-corrected chi connectivity index (χ2v) is 5.73. The van der Waals surface area contributed by atoms with Gasteiger partial charge in [0.2, 0.25) is 0 Å². The van der Waals surface area contributed by atoms with Gasteiger partial charge in [0.25, 0.3) is 5.56 Å². The number of halogens is 1. The summed E-state index contributed by atoms with van der Waals surface area (Å²) < 4.78 is 13.2. The minimum absolute atomic E-state index is 0.154. The fourth-order valence-electron chi connectivity index (χ4n) is 2.64. The van der Waals surface area contributed by atoms with Gasteiger partial charge in [-0.15, -0.1) is 0 Å². The lowest BCUT2D eigenvalue weighted by molar-refractivity contribution is 0.252. The van der Waals surface area contributed by atoms with E-state index >= 15 is 0 Å². The Balaban J connectivity index is 1.87. The number of fused-ring (bicyclic) bond motifs is 1. The third kappa shape index (κ3) is 3.29. The van der Waals surface area contributed by atoms with Crippen molar-refractivity contribution in [2.75, 3.05) is 7.05 Å². The molecule has 3 rings (SSSR count). The van der Waals surface area contributed by atoms with Crippen LogP contribution < -0.4 is 5.56 Å². The monoisotopic (exact) mass is 311 g/mol. The zero-order valence-corrected chi connectivity index (χ0v) is 13.1. The molecule has 1 aromatic carbocycles. The summed E-state index contributed by atoms with van der Waals surface area (Å²) in [6.45, 7) is 2.59. The second-order valence-electron chi connectivity index (χ2n) is 5.73. The number of benzene rings is 1. The molecule has 2 aromatic heterocycles. The third-order valence-electron chi connectivity index (χ3n) is 4.15. The van der Waals surface area contributed by atoms with E-state index in [9.17, 15) is 9.18 Å². The van der Waals surface area contributed by atoms with E-state index in [0.29, 0.717) is 17.6 Å². The Morgan fingerprint density at radius 2 is 1.96 bits per heavy atom. The molecule has 1 N–H and O–H groups in total. The van der Waals surface area contributed by atoms with Crippen molar-refractivity contribution >= 4 is 10.9 Å². The van der Waals surface area contributed by atoms with E-state index in [1.807, 2.05) is 25.2 Å². The lowest BCUT2D eigenvalue weighted by Crippen LogP contribution is -2.26. The summed E-state index contributed by atoms with van der Waals surface area (Å²) in [4.78, 5) is 21.1. The molecule has 0 aliphatic heterocycles. The van der Waals surface area contributed by atoms with Crippen LogP contribution >= 0.6 is 0 Å². The Hall–Kier alpha value is -2.53. The summed E-state index contributed by atoms with van der Waals surface area (Å²) in [7, 11) is 1.97. The number of hydrogen-bond donors (Lipinski definition) is 1. The molecule has 3 aromatic rings. The van der Waals surface area contributed by atoms with Crippen LogP contribution in [0.3, 0.4) is 0 Å². The van der Waals surface area contributed by atoms with Crippen molar-refractivity contribution in [1.29, 1.82) is 0 Å². The lowest BCUT2D eigenvalue weighted by Gasteiger charge is -2.24. The molecule has 0 unspecified atom stereocenters. The van der Waals surface area contributed by atoms with Crippen molar-refractivity contribution in [3.63, 3.8) is 0 Å². The number of aromatic nitrogens is 2. The van der Waals surface area contributed by atoms with E-state index < -0.39 is 0 Å².